The molecule has 6 nitrogen and oxygen atoms in total. The first-order valence-electron chi connectivity index (χ1n) is 5.91. The van der Waals surface area contributed by atoms with Gasteiger partial charge in [-0.05, 0) is 29.4 Å². The largest absolute Gasteiger partial charge is 0.383 e. The van der Waals surface area contributed by atoms with Gasteiger partial charge in [-0.3, -0.25) is 0 Å². The second-order valence-electron chi connectivity index (χ2n) is 4.49. The maximum absolute atomic E-state index is 6.00. The monoisotopic (exact) mass is 310 g/mol. The summed E-state index contributed by atoms with van der Waals surface area (Å²) >= 11 is 3.44. The van der Waals surface area contributed by atoms with Crippen molar-refractivity contribution in [1.29, 1.82) is 0 Å². The maximum Gasteiger partial charge on any atom is 0.173 e. The normalized spacial score (nSPS) is 19.9. The number of nitrogens with zero attached hydrogens (tertiary/aromatic N) is 4. The highest BCUT2D eigenvalue weighted by Gasteiger charge is 2.23. The molecule has 2 aromatic rings. The molecule has 18 heavy (non-hydrogen) atoms. The zero-order chi connectivity index (χ0) is 12.7. The van der Waals surface area contributed by atoms with E-state index in [1.54, 1.807) is 10.7 Å². The van der Waals surface area contributed by atoms with Crippen LogP contribution in [0, 0.1) is 0 Å². The summed E-state index contributed by atoms with van der Waals surface area (Å²) in [5, 5.41) is 7.46. The van der Waals surface area contributed by atoms with Crippen LogP contribution in [-0.4, -0.2) is 40.8 Å². The molecule has 0 unspecified atom stereocenters. The summed E-state index contributed by atoms with van der Waals surface area (Å²) in [5.41, 5.74) is 6.76. The van der Waals surface area contributed by atoms with E-state index >= 15 is 0 Å². The van der Waals surface area contributed by atoms with E-state index < -0.39 is 0 Å². The van der Waals surface area contributed by atoms with Crippen LogP contribution in [0.3, 0.4) is 0 Å². The van der Waals surface area contributed by atoms with Gasteiger partial charge in [0.05, 0.1) is 10.7 Å². The summed E-state index contributed by atoms with van der Waals surface area (Å²) in [7, 11) is 1.99. The molecule has 3 N–H and O–H groups in total. The summed E-state index contributed by atoms with van der Waals surface area (Å²) in [5.74, 6) is 1.52. The predicted molar refractivity (Wildman–Crippen MR) is 74.8 cm³/mol. The highest BCUT2D eigenvalue weighted by molar-refractivity contribution is 9.10. The number of halogens is 1. The molecule has 1 fully saturated rings. The van der Waals surface area contributed by atoms with Gasteiger partial charge in [-0.1, -0.05) is 0 Å². The first-order chi connectivity index (χ1) is 8.69. The van der Waals surface area contributed by atoms with Gasteiger partial charge >= 0.3 is 0 Å². The SMILES string of the molecule is CN[C@H]1CCN(c2cc(N)n3ncc(Br)c3n2)C1. The molecule has 96 valence electrons. The van der Waals surface area contributed by atoms with Gasteiger partial charge in [-0.15, -0.1) is 0 Å². The van der Waals surface area contributed by atoms with Crippen LogP contribution in [0.15, 0.2) is 16.7 Å². The van der Waals surface area contributed by atoms with Gasteiger partial charge in [0, 0.05) is 25.2 Å². The van der Waals surface area contributed by atoms with E-state index in [-0.39, 0.29) is 0 Å². The molecule has 0 saturated carbocycles. The number of hydrogen-bond donors (Lipinski definition) is 2. The van der Waals surface area contributed by atoms with Crippen molar-refractivity contribution in [1.82, 2.24) is 19.9 Å². The van der Waals surface area contributed by atoms with Crippen molar-refractivity contribution in [3.63, 3.8) is 0 Å². The lowest BCUT2D eigenvalue weighted by atomic mass is 10.3. The van der Waals surface area contributed by atoms with Gasteiger partial charge in [-0.25, -0.2) is 4.98 Å². The minimum absolute atomic E-state index is 0.526. The third-order valence-corrected chi connectivity index (χ3v) is 3.92. The van der Waals surface area contributed by atoms with Gasteiger partial charge in [0.25, 0.3) is 0 Å². The molecule has 0 aromatic carbocycles. The number of nitrogens with one attached hydrogen (secondary N) is 1. The second kappa shape index (κ2) is 4.40. The van der Waals surface area contributed by atoms with Crippen molar-refractivity contribution in [3.8, 4) is 0 Å². The lowest BCUT2D eigenvalue weighted by molar-refractivity contribution is 0.616. The third kappa shape index (κ3) is 1.83. The van der Waals surface area contributed by atoms with Crippen LogP contribution in [0.25, 0.3) is 5.65 Å². The Morgan fingerprint density at radius 3 is 3.11 bits per heavy atom. The van der Waals surface area contributed by atoms with Crippen LogP contribution in [0.5, 0.6) is 0 Å². The predicted octanol–water partition coefficient (Wildman–Crippen LogP) is 0.872. The van der Waals surface area contributed by atoms with Crippen LogP contribution in [0.2, 0.25) is 0 Å². The number of rotatable bonds is 2. The Morgan fingerprint density at radius 1 is 1.56 bits per heavy atom. The number of nitrogen functional groups attached to an aromatic ring is 1. The second-order valence-corrected chi connectivity index (χ2v) is 5.34. The van der Waals surface area contributed by atoms with Gasteiger partial charge in [0.15, 0.2) is 5.65 Å². The Hall–Kier alpha value is -1.34. The van der Waals surface area contributed by atoms with Crippen molar-refractivity contribution in [2.24, 2.45) is 0 Å². The number of anilines is 2. The van der Waals surface area contributed by atoms with Crippen molar-refractivity contribution in [3.05, 3.63) is 16.7 Å². The van der Waals surface area contributed by atoms with Crippen LogP contribution < -0.4 is 16.0 Å². The number of fused-ring (bicyclic) bond motifs is 1. The zero-order valence-electron chi connectivity index (χ0n) is 10.1. The number of likely N-dealkylation sites (N-methyl/N-ethyl adjacent to an activating group) is 1. The van der Waals surface area contributed by atoms with E-state index in [1.165, 1.54) is 0 Å². The Labute approximate surface area is 113 Å². The molecular formula is C11H15BrN6. The summed E-state index contributed by atoms with van der Waals surface area (Å²) in [6, 6.07) is 2.41. The Kier molecular flexibility index (Phi) is 2.87. The van der Waals surface area contributed by atoms with Gasteiger partial charge in [-0.2, -0.15) is 9.61 Å². The lowest BCUT2D eigenvalue weighted by Gasteiger charge is -2.18. The van der Waals surface area contributed by atoms with Crippen molar-refractivity contribution in [2.45, 2.75) is 12.5 Å². The molecule has 0 aliphatic carbocycles. The fraction of sp³-hybridized carbons (Fsp3) is 0.455. The standard InChI is InChI=1S/C11H15BrN6/c1-14-7-2-3-17(6-7)10-4-9(13)18-11(16-10)8(12)5-15-18/h4-5,7,14H,2-3,6,13H2,1H3/t7-/m0/s1. The first-order valence-corrected chi connectivity index (χ1v) is 6.70. The average Bonchev–Trinajstić information content (AvgIpc) is 2.97. The van der Waals surface area contributed by atoms with E-state index in [4.69, 9.17) is 5.73 Å². The molecule has 1 atom stereocenters. The minimum atomic E-state index is 0.526. The summed E-state index contributed by atoms with van der Waals surface area (Å²) < 4.78 is 2.50. The fourth-order valence-electron chi connectivity index (χ4n) is 2.31. The highest BCUT2D eigenvalue weighted by Crippen LogP contribution is 2.24. The molecule has 0 amide bonds. The van der Waals surface area contributed by atoms with E-state index in [2.05, 4.69) is 36.2 Å². The van der Waals surface area contributed by atoms with Crippen molar-refractivity contribution in [2.75, 3.05) is 30.8 Å². The summed E-state index contributed by atoms with van der Waals surface area (Å²) in [6.45, 7) is 1.96. The number of nitrogens with two attached hydrogens (primary N) is 1. The Balaban J connectivity index is 2.00. The molecule has 0 bridgehead atoms. The molecular weight excluding hydrogens is 296 g/mol. The molecule has 1 aliphatic heterocycles. The minimum Gasteiger partial charge on any atom is -0.383 e. The first kappa shape index (κ1) is 11.7. The topological polar surface area (TPSA) is 71.5 Å². The van der Waals surface area contributed by atoms with Crippen molar-refractivity contribution < 1.29 is 0 Å². The molecule has 1 saturated heterocycles. The quantitative estimate of drug-likeness (QED) is 0.861. The molecule has 7 heteroatoms. The van der Waals surface area contributed by atoms with Gasteiger partial charge in [0.2, 0.25) is 0 Å². The number of hydrogen-bond acceptors (Lipinski definition) is 5. The van der Waals surface area contributed by atoms with Crippen molar-refractivity contribution >= 4 is 33.2 Å². The fourth-order valence-corrected chi connectivity index (χ4v) is 2.66. The van der Waals surface area contributed by atoms with Crippen LogP contribution in [0.4, 0.5) is 11.6 Å². The highest BCUT2D eigenvalue weighted by atomic mass is 79.9. The lowest BCUT2D eigenvalue weighted by Crippen LogP contribution is -2.30. The van der Waals surface area contributed by atoms with Crippen LogP contribution >= 0.6 is 15.9 Å². The molecule has 3 heterocycles. The smallest absolute Gasteiger partial charge is 0.173 e. The third-order valence-electron chi connectivity index (χ3n) is 3.36. The van der Waals surface area contributed by atoms with E-state index in [9.17, 15) is 0 Å². The molecule has 1 aliphatic rings. The summed E-state index contributed by atoms with van der Waals surface area (Å²) in [6.07, 6.45) is 2.84. The van der Waals surface area contributed by atoms with Crippen LogP contribution in [0.1, 0.15) is 6.42 Å². The Morgan fingerprint density at radius 2 is 2.39 bits per heavy atom. The van der Waals surface area contributed by atoms with E-state index in [0.29, 0.717) is 11.9 Å². The van der Waals surface area contributed by atoms with E-state index in [1.807, 2.05) is 13.1 Å². The van der Waals surface area contributed by atoms with E-state index in [0.717, 1.165) is 35.4 Å². The summed E-state index contributed by atoms with van der Waals surface area (Å²) in [4.78, 5) is 6.87. The molecule has 0 radical (unpaired) electrons. The van der Waals surface area contributed by atoms with Crippen LogP contribution in [-0.2, 0) is 0 Å². The molecule has 2 aromatic heterocycles. The molecule has 3 rings (SSSR count). The molecule has 0 spiro atoms. The Bertz CT molecular complexity index is 580. The average molecular weight is 311 g/mol. The maximum atomic E-state index is 6.00. The zero-order valence-corrected chi connectivity index (χ0v) is 11.7. The van der Waals surface area contributed by atoms with Gasteiger partial charge < -0.3 is 16.0 Å². The van der Waals surface area contributed by atoms with Gasteiger partial charge in [0.1, 0.15) is 11.6 Å². The number of aromatic nitrogens is 3.